The molecule has 0 fully saturated rings. The van der Waals surface area contributed by atoms with Crippen LogP contribution in [-0.4, -0.2) is 7.11 Å². The molecule has 0 atom stereocenters. The van der Waals surface area contributed by atoms with Crippen LogP contribution in [0.15, 0.2) is 38.6 Å². The van der Waals surface area contributed by atoms with Crippen LogP contribution in [0, 0.1) is 0 Å². The summed E-state index contributed by atoms with van der Waals surface area (Å²) in [6, 6.07) is 10.6. The molecule has 1 aromatic carbocycles. The Morgan fingerprint density at radius 3 is 2.63 bits per heavy atom. The van der Waals surface area contributed by atoms with E-state index in [9.17, 15) is 0 Å². The zero-order valence-electron chi connectivity index (χ0n) is 10.6. The van der Waals surface area contributed by atoms with Crippen molar-refractivity contribution < 1.29 is 4.74 Å². The van der Waals surface area contributed by atoms with E-state index in [1.165, 1.54) is 16.0 Å². The molecule has 0 spiro atoms. The predicted octanol–water partition coefficient (Wildman–Crippen LogP) is 4.71. The number of thiophene rings is 1. The quantitative estimate of drug-likeness (QED) is 0.752. The van der Waals surface area contributed by atoms with Crippen LogP contribution in [0.2, 0.25) is 0 Å². The zero-order chi connectivity index (χ0) is 13.7. The second-order valence-corrected chi connectivity index (χ2v) is 7.50. The van der Waals surface area contributed by atoms with Gasteiger partial charge in [-0.2, -0.15) is 0 Å². The van der Waals surface area contributed by atoms with Crippen molar-refractivity contribution in [2.45, 2.75) is 19.7 Å². The Morgan fingerprint density at radius 1 is 1.16 bits per heavy atom. The molecule has 0 aliphatic heterocycles. The normalized spacial score (nSPS) is 10.9. The first-order valence-electron chi connectivity index (χ1n) is 5.90. The van der Waals surface area contributed by atoms with Gasteiger partial charge >= 0.3 is 0 Å². The second kappa shape index (κ2) is 7.55. The van der Waals surface area contributed by atoms with E-state index in [0.717, 1.165) is 21.3 Å². The number of halogens is 2. The van der Waals surface area contributed by atoms with E-state index in [-0.39, 0.29) is 0 Å². The number of methoxy groups -OCH3 is 1. The molecule has 0 aliphatic rings. The fourth-order valence-corrected chi connectivity index (χ4v) is 3.95. The number of rotatable bonds is 6. The predicted molar refractivity (Wildman–Crippen MR) is 87.4 cm³/mol. The molecule has 1 N–H and O–H groups in total. The van der Waals surface area contributed by atoms with Gasteiger partial charge in [-0.15, -0.1) is 11.3 Å². The maximum Gasteiger partial charge on any atom is 0.0843 e. The third kappa shape index (κ3) is 4.68. The minimum Gasteiger partial charge on any atom is -0.380 e. The highest BCUT2D eigenvalue weighted by molar-refractivity contribution is 9.13. The highest BCUT2D eigenvalue weighted by Gasteiger charge is 2.03. The van der Waals surface area contributed by atoms with Crippen molar-refractivity contribution in [3.8, 4) is 0 Å². The third-order valence-corrected chi connectivity index (χ3v) is 5.88. The van der Waals surface area contributed by atoms with Crippen LogP contribution in [-0.2, 0) is 24.4 Å². The van der Waals surface area contributed by atoms with Crippen LogP contribution in [0.3, 0.4) is 0 Å². The molecule has 5 heteroatoms. The van der Waals surface area contributed by atoms with Crippen LogP contribution in [0.4, 0.5) is 0 Å². The van der Waals surface area contributed by atoms with E-state index in [1.807, 2.05) is 0 Å². The van der Waals surface area contributed by atoms with E-state index < -0.39 is 0 Å². The Morgan fingerprint density at radius 2 is 1.95 bits per heavy atom. The van der Waals surface area contributed by atoms with E-state index in [2.05, 4.69) is 67.5 Å². The van der Waals surface area contributed by atoms with Gasteiger partial charge in [0.05, 0.1) is 10.4 Å². The minimum atomic E-state index is 0.665. The van der Waals surface area contributed by atoms with Gasteiger partial charge in [0.1, 0.15) is 0 Å². The van der Waals surface area contributed by atoms with Crippen LogP contribution in [0.1, 0.15) is 16.0 Å². The van der Waals surface area contributed by atoms with Crippen molar-refractivity contribution in [2.24, 2.45) is 0 Å². The standard InChI is InChI=1S/C14H15Br2NOS/c1-18-9-11-4-2-3-10(5-11)7-17-8-12-6-13(15)14(16)19-12/h2-6,17H,7-9H2,1H3. The van der Waals surface area contributed by atoms with Crippen molar-refractivity contribution >= 4 is 43.2 Å². The molecular formula is C14H15Br2NOS. The number of hydrogen-bond donors (Lipinski definition) is 1. The molecule has 2 aromatic rings. The molecule has 0 unspecified atom stereocenters. The largest absolute Gasteiger partial charge is 0.380 e. The van der Waals surface area contributed by atoms with Gasteiger partial charge in [-0.1, -0.05) is 24.3 Å². The lowest BCUT2D eigenvalue weighted by Crippen LogP contribution is -2.11. The van der Waals surface area contributed by atoms with E-state index in [4.69, 9.17) is 4.74 Å². The lowest BCUT2D eigenvalue weighted by atomic mass is 10.1. The molecule has 1 aromatic heterocycles. The van der Waals surface area contributed by atoms with Gasteiger partial charge in [0, 0.05) is 29.5 Å². The molecule has 19 heavy (non-hydrogen) atoms. The molecule has 102 valence electrons. The van der Waals surface area contributed by atoms with Gasteiger partial charge in [-0.3, -0.25) is 0 Å². The fraction of sp³-hybridized carbons (Fsp3) is 0.286. The first-order valence-corrected chi connectivity index (χ1v) is 8.30. The van der Waals surface area contributed by atoms with Crippen molar-refractivity contribution in [1.29, 1.82) is 0 Å². The summed E-state index contributed by atoms with van der Waals surface area (Å²) in [5.74, 6) is 0. The molecule has 0 bridgehead atoms. The van der Waals surface area contributed by atoms with Crippen molar-refractivity contribution in [3.05, 3.63) is 54.6 Å². The first kappa shape index (κ1) is 15.2. The molecule has 2 rings (SSSR count). The van der Waals surface area contributed by atoms with Gasteiger partial charge in [-0.05, 0) is 49.1 Å². The number of nitrogens with one attached hydrogen (secondary N) is 1. The summed E-state index contributed by atoms with van der Waals surface area (Å²) in [7, 11) is 1.72. The number of hydrogen-bond acceptors (Lipinski definition) is 3. The summed E-state index contributed by atoms with van der Waals surface area (Å²) in [5, 5.41) is 3.46. The van der Waals surface area contributed by atoms with E-state index in [0.29, 0.717) is 6.61 Å². The summed E-state index contributed by atoms with van der Waals surface area (Å²) in [5.41, 5.74) is 2.49. The zero-order valence-corrected chi connectivity index (χ0v) is 14.6. The number of benzene rings is 1. The van der Waals surface area contributed by atoms with Gasteiger partial charge in [0.2, 0.25) is 0 Å². The summed E-state index contributed by atoms with van der Waals surface area (Å²) < 4.78 is 7.41. The molecule has 0 saturated heterocycles. The maximum absolute atomic E-state index is 5.14. The first-order chi connectivity index (χ1) is 9.19. The summed E-state index contributed by atoms with van der Waals surface area (Å²) >= 11 is 8.76. The summed E-state index contributed by atoms with van der Waals surface area (Å²) in [6.45, 7) is 2.41. The number of ether oxygens (including phenoxy) is 1. The summed E-state index contributed by atoms with van der Waals surface area (Å²) in [4.78, 5) is 1.31. The second-order valence-electron chi connectivity index (χ2n) is 4.19. The van der Waals surface area contributed by atoms with Crippen molar-refractivity contribution in [2.75, 3.05) is 7.11 Å². The highest BCUT2D eigenvalue weighted by Crippen LogP contribution is 2.32. The van der Waals surface area contributed by atoms with Crippen LogP contribution < -0.4 is 5.32 Å². The van der Waals surface area contributed by atoms with Crippen LogP contribution >= 0.6 is 43.2 Å². The van der Waals surface area contributed by atoms with Crippen molar-refractivity contribution in [3.63, 3.8) is 0 Å². The Kier molecular flexibility index (Phi) is 6.04. The third-order valence-electron chi connectivity index (χ3n) is 2.63. The highest BCUT2D eigenvalue weighted by atomic mass is 79.9. The molecular weight excluding hydrogens is 390 g/mol. The molecule has 0 aliphatic carbocycles. The smallest absolute Gasteiger partial charge is 0.0843 e. The van der Waals surface area contributed by atoms with Crippen LogP contribution in [0.5, 0.6) is 0 Å². The molecule has 0 saturated carbocycles. The molecule has 0 radical (unpaired) electrons. The van der Waals surface area contributed by atoms with Gasteiger partial charge in [-0.25, -0.2) is 0 Å². The maximum atomic E-state index is 5.14. The van der Waals surface area contributed by atoms with E-state index in [1.54, 1.807) is 18.4 Å². The van der Waals surface area contributed by atoms with Crippen molar-refractivity contribution in [1.82, 2.24) is 5.32 Å². The van der Waals surface area contributed by atoms with Gasteiger partial charge < -0.3 is 10.1 Å². The lowest BCUT2D eigenvalue weighted by molar-refractivity contribution is 0.185. The Balaban J connectivity index is 1.86. The monoisotopic (exact) mass is 403 g/mol. The lowest BCUT2D eigenvalue weighted by Gasteiger charge is -2.06. The Labute approximate surface area is 134 Å². The Hall–Kier alpha value is -0.200. The van der Waals surface area contributed by atoms with Gasteiger partial charge in [0.25, 0.3) is 0 Å². The molecule has 2 nitrogen and oxygen atoms in total. The van der Waals surface area contributed by atoms with Crippen LogP contribution in [0.25, 0.3) is 0 Å². The van der Waals surface area contributed by atoms with E-state index >= 15 is 0 Å². The minimum absolute atomic E-state index is 0.665. The fourth-order valence-electron chi connectivity index (χ4n) is 1.80. The summed E-state index contributed by atoms with van der Waals surface area (Å²) in [6.07, 6.45) is 0. The average Bonchev–Trinajstić information content (AvgIpc) is 2.70. The molecule has 1 heterocycles. The van der Waals surface area contributed by atoms with Gasteiger partial charge in [0.15, 0.2) is 0 Å². The SMILES string of the molecule is COCc1cccc(CNCc2cc(Br)c(Br)s2)c1. The topological polar surface area (TPSA) is 21.3 Å². The molecule has 0 amide bonds. The average molecular weight is 405 g/mol. The Bertz CT molecular complexity index is 522.